The molecule has 1 N–H and O–H groups in total. The Morgan fingerprint density at radius 2 is 1.59 bits per heavy atom. The van der Waals surface area contributed by atoms with Gasteiger partial charge in [0.15, 0.2) is 0 Å². The molecule has 1 heteroatoms. The maximum atomic E-state index is 3.48. The Morgan fingerprint density at radius 1 is 1.00 bits per heavy atom. The lowest BCUT2D eigenvalue weighted by Gasteiger charge is -2.18. The zero-order valence-corrected chi connectivity index (χ0v) is 11.8. The Hall–Kier alpha value is -0.820. The van der Waals surface area contributed by atoms with Crippen molar-refractivity contribution in [2.75, 3.05) is 6.54 Å². The van der Waals surface area contributed by atoms with Gasteiger partial charge in [-0.25, -0.2) is 0 Å². The fourth-order valence-electron chi connectivity index (χ4n) is 2.43. The van der Waals surface area contributed by atoms with Gasteiger partial charge in [-0.05, 0) is 49.8 Å². The van der Waals surface area contributed by atoms with Crippen molar-refractivity contribution in [1.29, 1.82) is 0 Å². The molecular formula is C16H27N. The predicted molar refractivity (Wildman–Crippen MR) is 76.4 cm³/mol. The van der Waals surface area contributed by atoms with Gasteiger partial charge in [0.1, 0.15) is 0 Å². The van der Waals surface area contributed by atoms with Crippen LogP contribution in [0.15, 0.2) is 24.3 Å². The fourth-order valence-corrected chi connectivity index (χ4v) is 2.43. The summed E-state index contributed by atoms with van der Waals surface area (Å²) in [5, 5.41) is 3.48. The summed E-state index contributed by atoms with van der Waals surface area (Å²) < 4.78 is 0. The van der Waals surface area contributed by atoms with Gasteiger partial charge >= 0.3 is 0 Å². The number of aryl methyl sites for hydroxylation is 1. The SMILES string of the molecule is CCNC(C)CC(C)Cc1ccc(CC)cc1. The van der Waals surface area contributed by atoms with Crippen molar-refractivity contribution in [3.63, 3.8) is 0 Å². The van der Waals surface area contributed by atoms with E-state index in [4.69, 9.17) is 0 Å². The molecule has 0 heterocycles. The molecule has 0 bridgehead atoms. The van der Waals surface area contributed by atoms with Crippen LogP contribution >= 0.6 is 0 Å². The van der Waals surface area contributed by atoms with E-state index in [0.717, 1.165) is 18.9 Å². The molecule has 1 rings (SSSR count). The van der Waals surface area contributed by atoms with E-state index in [9.17, 15) is 0 Å². The van der Waals surface area contributed by atoms with Crippen molar-refractivity contribution in [2.24, 2.45) is 5.92 Å². The highest BCUT2D eigenvalue weighted by atomic mass is 14.9. The van der Waals surface area contributed by atoms with Crippen molar-refractivity contribution < 1.29 is 0 Å². The minimum absolute atomic E-state index is 0.630. The van der Waals surface area contributed by atoms with Gasteiger partial charge in [0.05, 0.1) is 0 Å². The first-order valence-corrected chi connectivity index (χ1v) is 6.96. The van der Waals surface area contributed by atoms with E-state index in [1.807, 2.05) is 0 Å². The van der Waals surface area contributed by atoms with E-state index in [0.29, 0.717) is 6.04 Å². The molecule has 0 saturated heterocycles. The van der Waals surface area contributed by atoms with Crippen LogP contribution in [0.25, 0.3) is 0 Å². The molecule has 0 radical (unpaired) electrons. The molecule has 0 spiro atoms. The maximum Gasteiger partial charge on any atom is 0.00412 e. The number of hydrogen-bond donors (Lipinski definition) is 1. The monoisotopic (exact) mass is 233 g/mol. The zero-order chi connectivity index (χ0) is 12.7. The van der Waals surface area contributed by atoms with Crippen LogP contribution in [0.3, 0.4) is 0 Å². The highest BCUT2D eigenvalue weighted by molar-refractivity contribution is 5.22. The lowest BCUT2D eigenvalue weighted by Crippen LogP contribution is -2.27. The smallest absolute Gasteiger partial charge is 0.00412 e. The molecule has 0 amide bonds. The second kappa shape index (κ2) is 7.50. The van der Waals surface area contributed by atoms with Gasteiger partial charge in [-0.3, -0.25) is 0 Å². The first kappa shape index (κ1) is 14.2. The Balaban J connectivity index is 2.41. The molecule has 0 saturated carbocycles. The average Bonchev–Trinajstić information content (AvgIpc) is 2.30. The molecule has 17 heavy (non-hydrogen) atoms. The van der Waals surface area contributed by atoms with Crippen molar-refractivity contribution in [3.8, 4) is 0 Å². The molecule has 0 aliphatic rings. The van der Waals surface area contributed by atoms with Gasteiger partial charge < -0.3 is 5.32 Å². The van der Waals surface area contributed by atoms with Gasteiger partial charge in [-0.1, -0.05) is 45.0 Å². The summed E-state index contributed by atoms with van der Waals surface area (Å²) in [6.45, 7) is 10.1. The topological polar surface area (TPSA) is 12.0 Å². The minimum Gasteiger partial charge on any atom is -0.315 e. The van der Waals surface area contributed by atoms with E-state index in [-0.39, 0.29) is 0 Å². The Morgan fingerprint density at radius 3 is 2.12 bits per heavy atom. The molecular weight excluding hydrogens is 206 g/mol. The lowest BCUT2D eigenvalue weighted by molar-refractivity contribution is 0.426. The second-order valence-electron chi connectivity index (χ2n) is 5.17. The third-order valence-corrected chi connectivity index (χ3v) is 3.32. The van der Waals surface area contributed by atoms with Crippen molar-refractivity contribution >= 4 is 0 Å². The standard InChI is InChI=1S/C16H27N/c1-5-15-7-9-16(10-8-15)12-13(3)11-14(4)17-6-2/h7-10,13-14,17H,5-6,11-12H2,1-4H3. The number of hydrogen-bond acceptors (Lipinski definition) is 1. The highest BCUT2D eigenvalue weighted by Crippen LogP contribution is 2.14. The summed E-state index contributed by atoms with van der Waals surface area (Å²) in [5.74, 6) is 0.747. The molecule has 1 aromatic rings. The number of nitrogens with one attached hydrogen (secondary N) is 1. The summed E-state index contributed by atoms with van der Waals surface area (Å²) in [7, 11) is 0. The number of rotatable bonds is 7. The molecule has 0 fully saturated rings. The molecule has 1 nitrogen and oxygen atoms in total. The summed E-state index contributed by atoms with van der Waals surface area (Å²) in [6.07, 6.45) is 3.58. The molecule has 0 aromatic heterocycles. The average molecular weight is 233 g/mol. The van der Waals surface area contributed by atoms with Crippen molar-refractivity contribution in [3.05, 3.63) is 35.4 Å². The largest absolute Gasteiger partial charge is 0.315 e. The van der Waals surface area contributed by atoms with Crippen LogP contribution in [0.5, 0.6) is 0 Å². The maximum absolute atomic E-state index is 3.48. The summed E-state index contributed by atoms with van der Waals surface area (Å²) in [5.41, 5.74) is 2.90. The van der Waals surface area contributed by atoms with Crippen LogP contribution in [-0.4, -0.2) is 12.6 Å². The van der Waals surface area contributed by atoms with Gasteiger partial charge in [-0.15, -0.1) is 0 Å². The van der Waals surface area contributed by atoms with E-state index in [1.54, 1.807) is 0 Å². The van der Waals surface area contributed by atoms with E-state index in [2.05, 4.69) is 57.3 Å². The first-order chi connectivity index (χ1) is 8.15. The van der Waals surface area contributed by atoms with Crippen LogP contribution in [0.2, 0.25) is 0 Å². The summed E-state index contributed by atoms with van der Waals surface area (Å²) >= 11 is 0. The minimum atomic E-state index is 0.630. The van der Waals surface area contributed by atoms with E-state index >= 15 is 0 Å². The molecule has 2 atom stereocenters. The fraction of sp³-hybridized carbons (Fsp3) is 0.625. The Bertz CT molecular complexity index is 302. The molecule has 96 valence electrons. The van der Waals surface area contributed by atoms with Gasteiger partial charge in [0.2, 0.25) is 0 Å². The van der Waals surface area contributed by atoms with E-state index < -0.39 is 0 Å². The second-order valence-corrected chi connectivity index (χ2v) is 5.17. The highest BCUT2D eigenvalue weighted by Gasteiger charge is 2.08. The predicted octanol–water partition coefficient (Wildman–Crippen LogP) is 3.82. The summed E-state index contributed by atoms with van der Waals surface area (Å²) in [4.78, 5) is 0. The van der Waals surface area contributed by atoms with Crippen LogP contribution < -0.4 is 5.32 Å². The zero-order valence-electron chi connectivity index (χ0n) is 11.8. The third-order valence-electron chi connectivity index (χ3n) is 3.32. The van der Waals surface area contributed by atoms with E-state index in [1.165, 1.54) is 24.0 Å². The molecule has 1 aromatic carbocycles. The molecule has 2 unspecified atom stereocenters. The van der Waals surface area contributed by atoms with Crippen LogP contribution in [0, 0.1) is 5.92 Å². The third kappa shape index (κ3) is 5.36. The van der Waals surface area contributed by atoms with Crippen molar-refractivity contribution in [1.82, 2.24) is 5.32 Å². The van der Waals surface area contributed by atoms with Crippen molar-refractivity contribution in [2.45, 2.75) is 53.0 Å². The van der Waals surface area contributed by atoms with Crippen LogP contribution in [0.4, 0.5) is 0 Å². The van der Waals surface area contributed by atoms with Gasteiger partial charge in [0.25, 0.3) is 0 Å². The molecule has 0 aliphatic carbocycles. The quantitative estimate of drug-likeness (QED) is 0.755. The van der Waals surface area contributed by atoms with Crippen LogP contribution in [0.1, 0.15) is 45.2 Å². The summed E-state index contributed by atoms with van der Waals surface area (Å²) in [6, 6.07) is 9.72. The van der Waals surface area contributed by atoms with Crippen LogP contribution in [-0.2, 0) is 12.8 Å². The lowest BCUT2D eigenvalue weighted by atomic mass is 9.94. The van der Waals surface area contributed by atoms with Gasteiger partial charge in [-0.2, -0.15) is 0 Å². The Labute approximate surface area is 107 Å². The normalized spacial score (nSPS) is 14.6. The first-order valence-electron chi connectivity index (χ1n) is 6.96. The molecule has 0 aliphatic heterocycles. The number of benzene rings is 1. The Kier molecular flexibility index (Phi) is 6.28. The van der Waals surface area contributed by atoms with Gasteiger partial charge in [0, 0.05) is 6.04 Å².